The van der Waals surface area contributed by atoms with Gasteiger partial charge >= 0.3 is 0 Å². The van der Waals surface area contributed by atoms with Crippen LogP contribution in [0.25, 0.3) is 0 Å². The van der Waals surface area contributed by atoms with Crippen molar-refractivity contribution in [3.8, 4) is 0 Å². The van der Waals surface area contributed by atoms with E-state index < -0.39 is 6.10 Å². The summed E-state index contributed by atoms with van der Waals surface area (Å²) in [5, 5.41) is 13.1. The van der Waals surface area contributed by atoms with Crippen molar-refractivity contribution in [2.24, 2.45) is 0 Å². The molecule has 1 aromatic carbocycles. The number of benzene rings is 1. The molecule has 0 amide bonds. The minimum Gasteiger partial charge on any atom is -0.387 e. The summed E-state index contributed by atoms with van der Waals surface area (Å²) >= 11 is 0. The van der Waals surface area contributed by atoms with Crippen LogP contribution in [-0.2, 0) is 0 Å². The van der Waals surface area contributed by atoms with Crippen LogP contribution in [0.15, 0.2) is 24.3 Å². The van der Waals surface area contributed by atoms with Crippen molar-refractivity contribution in [2.45, 2.75) is 25.0 Å². The van der Waals surface area contributed by atoms with E-state index in [0.29, 0.717) is 5.56 Å². The Morgan fingerprint density at radius 2 is 2.36 bits per heavy atom. The highest BCUT2D eigenvalue weighted by molar-refractivity contribution is 5.20. The summed E-state index contributed by atoms with van der Waals surface area (Å²) in [6.45, 7) is 0.942. The first-order valence-electron chi connectivity index (χ1n) is 4.94. The number of hydrogen-bond acceptors (Lipinski definition) is 2. The van der Waals surface area contributed by atoms with E-state index in [1.165, 1.54) is 12.1 Å². The summed E-state index contributed by atoms with van der Waals surface area (Å²) in [4.78, 5) is 0. The quantitative estimate of drug-likeness (QED) is 0.751. The van der Waals surface area contributed by atoms with Crippen LogP contribution in [0.3, 0.4) is 0 Å². The van der Waals surface area contributed by atoms with Crippen LogP contribution >= 0.6 is 0 Å². The Morgan fingerprint density at radius 3 is 3.00 bits per heavy atom. The van der Waals surface area contributed by atoms with Gasteiger partial charge in [-0.05, 0) is 37.1 Å². The molecule has 2 nitrogen and oxygen atoms in total. The highest BCUT2D eigenvalue weighted by Gasteiger charge is 2.23. The van der Waals surface area contributed by atoms with Gasteiger partial charge in [0.25, 0.3) is 0 Å². The maximum Gasteiger partial charge on any atom is 0.123 e. The Morgan fingerprint density at radius 1 is 1.50 bits per heavy atom. The molecule has 2 rings (SSSR count). The molecule has 1 saturated heterocycles. The second-order valence-corrected chi connectivity index (χ2v) is 3.70. The molecule has 0 spiro atoms. The fraction of sp³-hybridized carbons (Fsp3) is 0.455. The van der Waals surface area contributed by atoms with E-state index in [1.54, 1.807) is 12.1 Å². The summed E-state index contributed by atoms with van der Waals surface area (Å²) in [5.41, 5.74) is 0.657. The highest BCUT2D eigenvalue weighted by Crippen LogP contribution is 2.23. The molecule has 0 bridgehead atoms. The standard InChI is InChI=1S/C11H14FNO/c12-9-4-1-3-8(7-9)11(14)10-5-2-6-13-10/h1,3-4,7,10-11,13-14H,2,5-6H2. The van der Waals surface area contributed by atoms with E-state index in [9.17, 15) is 9.50 Å². The zero-order valence-corrected chi connectivity index (χ0v) is 7.91. The van der Waals surface area contributed by atoms with Crippen LogP contribution in [0.4, 0.5) is 4.39 Å². The summed E-state index contributed by atoms with van der Waals surface area (Å²) in [7, 11) is 0. The number of halogens is 1. The number of hydrogen-bond donors (Lipinski definition) is 2. The Balaban J connectivity index is 2.13. The van der Waals surface area contributed by atoms with E-state index in [2.05, 4.69) is 5.32 Å². The number of aliphatic hydroxyl groups excluding tert-OH is 1. The Hall–Kier alpha value is -0.930. The van der Waals surface area contributed by atoms with Crippen molar-refractivity contribution in [3.63, 3.8) is 0 Å². The lowest BCUT2D eigenvalue weighted by molar-refractivity contribution is 0.137. The number of rotatable bonds is 2. The molecule has 1 aliphatic heterocycles. The normalized spacial score (nSPS) is 23.7. The summed E-state index contributed by atoms with van der Waals surface area (Å²) in [6.07, 6.45) is 1.45. The second-order valence-electron chi connectivity index (χ2n) is 3.70. The van der Waals surface area contributed by atoms with Crippen molar-refractivity contribution in [2.75, 3.05) is 6.54 Å². The predicted octanol–water partition coefficient (Wildman–Crippen LogP) is 1.61. The van der Waals surface area contributed by atoms with Gasteiger partial charge in [-0.15, -0.1) is 0 Å². The molecule has 0 radical (unpaired) electrons. The fourth-order valence-electron chi connectivity index (χ4n) is 1.90. The smallest absolute Gasteiger partial charge is 0.123 e. The molecule has 1 aliphatic rings. The second kappa shape index (κ2) is 4.07. The van der Waals surface area contributed by atoms with Gasteiger partial charge in [0.2, 0.25) is 0 Å². The molecule has 14 heavy (non-hydrogen) atoms. The van der Waals surface area contributed by atoms with Crippen LogP contribution < -0.4 is 5.32 Å². The molecule has 0 aromatic heterocycles. The maximum atomic E-state index is 12.9. The first kappa shape index (κ1) is 9.62. The molecular formula is C11H14FNO. The molecule has 1 aromatic rings. The molecule has 1 fully saturated rings. The van der Waals surface area contributed by atoms with E-state index >= 15 is 0 Å². The third-order valence-corrected chi connectivity index (χ3v) is 2.67. The van der Waals surface area contributed by atoms with Gasteiger partial charge in [0.05, 0.1) is 6.10 Å². The number of aliphatic hydroxyl groups is 1. The predicted molar refractivity (Wildman–Crippen MR) is 52.4 cm³/mol. The molecule has 1 heterocycles. The van der Waals surface area contributed by atoms with Crippen molar-refractivity contribution < 1.29 is 9.50 Å². The van der Waals surface area contributed by atoms with Crippen LogP contribution in [0.5, 0.6) is 0 Å². The largest absolute Gasteiger partial charge is 0.387 e. The monoisotopic (exact) mass is 195 g/mol. The third-order valence-electron chi connectivity index (χ3n) is 2.67. The van der Waals surface area contributed by atoms with Gasteiger partial charge in [-0.2, -0.15) is 0 Å². The van der Waals surface area contributed by atoms with Crippen LogP contribution in [0, 0.1) is 5.82 Å². The minimum absolute atomic E-state index is 0.0804. The van der Waals surface area contributed by atoms with E-state index in [0.717, 1.165) is 19.4 Å². The van der Waals surface area contributed by atoms with Gasteiger partial charge in [-0.3, -0.25) is 0 Å². The zero-order chi connectivity index (χ0) is 9.97. The van der Waals surface area contributed by atoms with Crippen LogP contribution in [0.1, 0.15) is 24.5 Å². The zero-order valence-electron chi connectivity index (χ0n) is 7.91. The van der Waals surface area contributed by atoms with Gasteiger partial charge in [0.1, 0.15) is 5.82 Å². The molecule has 2 atom stereocenters. The van der Waals surface area contributed by atoms with Gasteiger partial charge in [0, 0.05) is 6.04 Å². The molecule has 0 saturated carbocycles. The molecule has 2 N–H and O–H groups in total. The Kier molecular flexibility index (Phi) is 2.79. The minimum atomic E-state index is -0.590. The summed E-state index contributed by atoms with van der Waals surface area (Å²) in [5.74, 6) is -0.292. The Bertz CT molecular complexity index is 310. The first-order valence-corrected chi connectivity index (χ1v) is 4.94. The van der Waals surface area contributed by atoms with Gasteiger partial charge < -0.3 is 10.4 Å². The van der Waals surface area contributed by atoms with Crippen LogP contribution in [0.2, 0.25) is 0 Å². The lowest BCUT2D eigenvalue weighted by atomic mass is 10.0. The third kappa shape index (κ3) is 1.94. The van der Waals surface area contributed by atoms with Crippen molar-refractivity contribution >= 4 is 0 Å². The fourth-order valence-corrected chi connectivity index (χ4v) is 1.90. The van der Waals surface area contributed by atoms with Gasteiger partial charge in [-0.25, -0.2) is 4.39 Å². The topological polar surface area (TPSA) is 32.3 Å². The maximum absolute atomic E-state index is 12.9. The summed E-state index contributed by atoms with van der Waals surface area (Å²) < 4.78 is 12.9. The average molecular weight is 195 g/mol. The van der Waals surface area contributed by atoms with E-state index in [4.69, 9.17) is 0 Å². The van der Waals surface area contributed by atoms with E-state index in [1.807, 2.05) is 0 Å². The average Bonchev–Trinajstić information content (AvgIpc) is 2.69. The molecule has 3 heteroatoms. The van der Waals surface area contributed by atoms with Gasteiger partial charge in [-0.1, -0.05) is 12.1 Å². The highest BCUT2D eigenvalue weighted by atomic mass is 19.1. The SMILES string of the molecule is OC(c1cccc(F)c1)C1CCCN1. The summed E-state index contributed by atoms with van der Waals surface area (Å²) in [6, 6.07) is 6.25. The van der Waals surface area contributed by atoms with E-state index in [-0.39, 0.29) is 11.9 Å². The first-order chi connectivity index (χ1) is 6.77. The lowest BCUT2D eigenvalue weighted by Gasteiger charge is -2.18. The Labute approximate surface area is 82.8 Å². The number of nitrogens with one attached hydrogen (secondary N) is 1. The molecule has 76 valence electrons. The van der Waals surface area contributed by atoms with Gasteiger partial charge in [0.15, 0.2) is 0 Å². The van der Waals surface area contributed by atoms with Crippen LogP contribution in [-0.4, -0.2) is 17.7 Å². The lowest BCUT2D eigenvalue weighted by Crippen LogP contribution is -2.28. The molecule has 2 unspecified atom stereocenters. The van der Waals surface area contributed by atoms with Crippen molar-refractivity contribution in [3.05, 3.63) is 35.6 Å². The van der Waals surface area contributed by atoms with Crippen molar-refractivity contribution in [1.82, 2.24) is 5.32 Å². The molecule has 0 aliphatic carbocycles. The molecular weight excluding hydrogens is 181 g/mol. The van der Waals surface area contributed by atoms with Crippen molar-refractivity contribution in [1.29, 1.82) is 0 Å².